The molecule has 2 fully saturated rings. The van der Waals surface area contributed by atoms with E-state index in [-0.39, 0.29) is 17.8 Å². The summed E-state index contributed by atoms with van der Waals surface area (Å²) in [5, 5.41) is 18.3. The number of β-amino-alcohol motifs (C(OH)–C–C–N with tert-alkyl or cyclic N) is 1. The summed E-state index contributed by atoms with van der Waals surface area (Å²) in [5.74, 6) is 1.25. The maximum Gasteiger partial charge on any atom is 0.350 e. The Hall–Kier alpha value is -3.27. The normalized spacial score (nSPS) is 16.6. The number of benzene rings is 1. The number of fused-ring (bicyclic) bond motifs is 1. The van der Waals surface area contributed by atoms with Crippen LogP contribution in [0.3, 0.4) is 0 Å². The van der Waals surface area contributed by atoms with E-state index in [1.807, 2.05) is 36.4 Å². The molecule has 0 saturated carbocycles. The van der Waals surface area contributed by atoms with E-state index in [1.54, 1.807) is 15.3 Å². The van der Waals surface area contributed by atoms with Gasteiger partial charge in [-0.15, -0.1) is 9.47 Å². The summed E-state index contributed by atoms with van der Waals surface area (Å²) >= 11 is 7.21. The molecular formula is C32H46ClN9O4S. The van der Waals surface area contributed by atoms with Gasteiger partial charge in [-0.3, -0.25) is 9.30 Å². The quantitative estimate of drug-likeness (QED) is 0.242. The zero-order chi connectivity index (χ0) is 33.2. The molecular weight excluding hydrogens is 642 g/mol. The summed E-state index contributed by atoms with van der Waals surface area (Å²) in [4.78, 5) is 19.2. The van der Waals surface area contributed by atoms with E-state index in [2.05, 4.69) is 60.7 Å². The largest absolute Gasteiger partial charge is 0.472 e. The number of halogens is 1. The van der Waals surface area contributed by atoms with Crippen molar-refractivity contribution >= 4 is 40.5 Å². The Morgan fingerprint density at radius 2 is 1.81 bits per heavy atom. The first-order valence-corrected chi connectivity index (χ1v) is 17.3. The van der Waals surface area contributed by atoms with Crippen LogP contribution in [0.1, 0.15) is 27.2 Å². The topological polar surface area (TPSA) is 126 Å². The molecule has 0 amide bonds. The van der Waals surface area contributed by atoms with Crippen LogP contribution in [0, 0.1) is 0 Å². The number of ether oxygens (including phenoxy) is 2. The van der Waals surface area contributed by atoms with Crippen LogP contribution in [-0.2, 0) is 11.3 Å². The molecule has 1 atom stereocenters. The minimum Gasteiger partial charge on any atom is -0.472 e. The van der Waals surface area contributed by atoms with Gasteiger partial charge in [0, 0.05) is 81.3 Å². The number of anilines is 2. The van der Waals surface area contributed by atoms with Gasteiger partial charge in [0.2, 0.25) is 5.82 Å². The third-order valence-electron chi connectivity index (χ3n) is 7.91. The Morgan fingerprint density at radius 3 is 2.53 bits per heavy atom. The zero-order valence-corrected chi connectivity index (χ0v) is 29.0. The summed E-state index contributed by atoms with van der Waals surface area (Å²) in [7, 11) is 0. The van der Waals surface area contributed by atoms with Crippen LogP contribution in [-0.4, -0.2) is 117 Å². The summed E-state index contributed by atoms with van der Waals surface area (Å²) in [6.07, 6.45) is 2.10. The first-order chi connectivity index (χ1) is 22.7. The molecule has 2 aliphatic heterocycles. The molecule has 2 aliphatic rings. The third kappa shape index (κ3) is 10.4. The second-order valence-corrected chi connectivity index (χ2v) is 13.6. The molecule has 1 aromatic carbocycles. The van der Waals surface area contributed by atoms with E-state index >= 15 is 0 Å². The van der Waals surface area contributed by atoms with Crippen molar-refractivity contribution in [1.82, 2.24) is 33.1 Å². The van der Waals surface area contributed by atoms with Crippen molar-refractivity contribution in [2.45, 2.75) is 45.4 Å². The highest BCUT2D eigenvalue weighted by molar-refractivity contribution is 6.99. The fraction of sp³-hybridized carbons (Fsp3) is 0.562. The van der Waals surface area contributed by atoms with Gasteiger partial charge in [-0.2, -0.15) is 4.37 Å². The van der Waals surface area contributed by atoms with Crippen molar-refractivity contribution in [3.8, 4) is 5.88 Å². The standard InChI is InChI=1S/C19H22ClN5O.C13H24N4O3S/c20-16-5-3-6-17(15-16)23-13-11-22(12-14-23)8-4-10-25-19(26)24-9-2-1-7-18(24)21-25;1-13(2,3)14-8-10(18)9-20-12-11(15-21-16-12)17-4-6-19-7-5-17/h1-3,5-7,9,15H,4,8,10-14H2;10,14,18H,4-9H2,1-3H3/t;10-/m.0/s1. The minimum absolute atomic E-state index is 0.0257. The number of hydrogen-bond donors (Lipinski definition) is 2. The molecule has 15 heteroatoms. The number of nitrogens with one attached hydrogen (secondary N) is 1. The molecule has 0 unspecified atom stereocenters. The van der Waals surface area contributed by atoms with Gasteiger partial charge in [0.15, 0.2) is 5.65 Å². The maximum absolute atomic E-state index is 12.3. The molecule has 47 heavy (non-hydrogen) atoms. The number of aryl methyl sites for hydroxylation is 1. The Morgan fingerprint density at radius 1 is 1.02 bits per heavy atom. The highest BCUT2D eigenvalue weighted by Crippen LogP contribution is 2.26. The zero-order valence-electron chi connectivity index (χ0n) is 27.4. The fourth-order valence-corrected chi connectivity index (χ4v) is 6.06. The van der Waals surface area contributed by atoms with Crippen LogP contribution in [0.2, 0.25) is 5.02 Å². The summed E-state index contributed by atoms with van der Waals surface area (Å²) in [5.41, 5.74) is 1.80. The average molecular weight is 688 g/mol. The molecule has 0 bridgehead atoms. The molecule has 0 aliphatic carbocycles. The molecule has 0 radical (unpaired) electrons. The van der Waals surface area contributed by atoms with E-state index in [0.29, 0.717) is 37.8 Å². The molecule has 5 heterocycles. The number of aromatic nitrogens is 5. The third-order valence-corrected chi connectivity index (χ3v) is 8.65. The lowest BCUT2D eigenvalue weighted by Crippen LogP contribution is -2.46. The van der Waals surface area contributed by atoms with Crippen LogP contribution in [0.5, 0.6) is 5.88 Å². The van der Waals surface area contributed by atoms with Crippen molar-refractivity contribution in [2.24, 2.45) is 0 Å². The van der Waals surface area contributed by atoms with E-state index in [0.717, 1.165) is 74.8 Å². The van der Waals surface area contributed by atoms with Gasteiger partial charge in [0.25, 0.3) is 5.88 Å². The molecule has 4 aromatic rings. The smallest absolute Gasteiger partial charge is 0.350 e. The van der Waals surface area contributed by atoms with E-state index in [4.69, 9.17) is 21.1 Å². The highest BCUT2D eigenvalue weighted by atomic mass is 35.5. The molecule has 2 saturated heterocycles. The highest BCUT2D eigenvalue weighted by Gasteiger charge is 2.21. The van der Waals surface area contributed by atoms with E-state index < -0.39 is 6.10 Å². The van der Waals surface area contributed by atoms with Crippen molar-refractivity contribution < 1.29 is 14.6 Å². The van der Waals surface area contributed by atoms with Crippen molar-refractivity contribution in [3.05, 3.63) is 64.2 Å². The summed E-state index contributed by atoms with van der Waals surface area (Å²) < 4.78 is 22.5. The van der Waals surface area contributed by atoms with Gasteiger partial charge < -0.3 is 29.7 Å². The first-order valence-electron chi connectivity index (χ1n) is 16.1. The second-order valence-electron chi connectivity index (χ2n) is 12.7. The van der Waals surface area contributed by atoms with Gasteiger partial charge in [-0.25, -0.2) is 9.48 Å². The van der Waals surface area contributed by atoms with Gasteiger partial charge in [-0.05, 0) is 57.5 Å². The van der Waals surface area contributed by atoms with Gasteiger partial charge in [-0.1, -0.05) is 23.7 Å². The number of hydrogen-bond acceptors (Lipinski definition) is 12. The van der Waals surface area contributed by atoms with Crippen LogP contribution in [0.4, 0.5) is 11.5 Å². The number of morpholine rings is 1. The van der Waals surface area contributed by atoms with Gasteiger partial charge >= 0.3 is 5.69 Å². The minimum atomic E-state index is -0.580. The first kappa shape index (κ1) is 35.0. The number of aliphatic hydroxyl groups excluding tert-OH is 1. The van der Waals surface area contributed by atoms with Crippen molar-refractivity contribution in [3.63, 3.8) is 0 Å². The SMILES string of the molecule is CC(C)(C)NC[C@H](O)COc1nsnc1N1CCOCC1.O=c1n(CCCN2CCN(c3cccc(Cl)c3)CC2)nc2ccccn12. The van der Waals surface area contributed by atoms with Crippen molar-refractivity contribution in [1.29, 1.82) is 0 Å². The maximum atomic E-state index is 12.3. The Balaban J connectivity index is 0.000000189. The summed E-state index contributed by atoms with van der Waals surface area (Å²) in [6.45, 7) is 15.5. The van der Waals surface area contributed by atoms with Crippen LogP contribution < -0.4 is 25.5 Å². The number of nitrogens with zero attached hydrogens (tertiary/aromatic N) is 8. The molecule has 0 spiro atoms. The van der Waals surface area contributed by atoms with Crippen LogP contribution >= 0.6 is 23.3 Å². The number of rotatable bonds is 11. The Kier molecular flexibility index (Phi) is 12.5. The number of piperazine rings is 1. The van der Waals surface area contributed by atoms with Crippen LogP contribution in [0.15, 0.2) is 53.5 Å². The lowest BCUT2D eigenvalue weighted by Gasteiger charge is -2.36. The second kappa shape index (κ2) is 16.7. The Bertz CT molecular complexity index is 1590. The Labute approximate surface area is 285 Å². The van der Waals surface area contributed by atoms with E-state index in [1.165, 1.54) is 5.69 Å². The van der Waals surface area contributed by atoms with Gasteiger partial charge in [0.1, 0.15) is 12.7 Å². The van der Waals surface area contributed by atoms with E-state index in [9.17, 15) is 9.90 Å². The van der Waals surface area contributed by atoms with Gasteiger partial charge in [0.05, 0.1) is 24.9 Å². The average Bonchev–Trinajstić information content (AvgIpc) is 3.68. The predicted molar refractivity (Wildman–Crippen MR) is 186 cm³/mol. The predicted octanol–water partition coefficient (Wildman–Crippen LogP) is 2.86. The molecule has 256 valence electrons. The molecule has 2 N–H and O–H groups in total. The molecule has 6 rings (SSSR count). The fourth-order valence-electron chi connectivity index (χ4n) is 5.35. The monoisotopic (exact) mass is 687 g/mol. The summed E-state index contributed by atoms with van der Waals surface area (Å²) in [6, 6.07) is 13.6. The van der Waals surface area contributed by atoms with Crippen molar-refractivity contribution in [2.75, 3.05) is 82.0 Å². The lowest BCUT2D eigenvalue weighted by molar-refractivity contribution is 0.0975. The molecule has 3 aromatic heterocycles. The number of pyridine rings is 1. The van der Waals surface area contributed by atoms with Crippen LogP contribution in [0.25, 0.3) is 5.65 Å². The number of aliphatic hydroxyl groups is 1. The molecule has 13 nitrogen and oxygen atoms in total. The lowest BCUT2D eigenvalue weighted by atomic mass is 10.1.